The molecule has 20 heavy (non-hydrogen) atoms. The van der Waals surface area contributed by atoms with Crippen molar-refractivity contribution in [1.29, 1.82) is 0 Å². The summed E-state index contributed by atoms with van der Waals surface area (Å²) in [5.41, 5.74) is 1.42. The molecule has 4 nitrogen and oxygen atoms in total. The third-order valence-electron chi connectivity index (χ3n) is 3.05. The largest absolute Gasteiger partial charge is 0.462 e. The molecule has 0 bridgehead atoms. The normalized spacial score (nSPS) is 20.4. The molecule has 1 saturated carbocycles. The van der Waals surface area contributed by atoms with Crippen LogP contribution in [0.2, 0.25) is 0 Å². The molecule has 1 heterocycles. The monoisotopic (exact) mass is 311 g/mol. The van der Waals surface area contributed by atoms with Crippen LogP contribution in [0.4, 0.5) is 0 Å². The van der Waals surface area contributed by atoms with Crippen LogP contribution in [0.25, 0.3) is 17.2 Å². The summed E-state index contributed by atoms with van der Waals surface area (Å²) >= 11 is 11.7. The van der Waals surface area contributed by atoms with Gasteiger partial charge in [-0.2, -0.15) is 0 Å². The Hall–Kier alpha value is -1.52. The lowest BCUT2D eigenvalue weighted by Crippen LogP contribution is -2.06. The van der Waals surface area contributed by atoms with E-state index in [1.807, 2.05) is 24.3 Å². The minimum absolute atomic E-state index is 0.0208. The number of hydrogen-bond acceptors (Lipinski definition) is 4. The fourth-order valence-electron chi connectivity index (χ4n) is 1.78. The second-order valence-corrected chi connectivity index (χ2v) is 6.19. The van der Waals surface area contributed by atoms with E-state index in [0.717, 1.165) is 5.52 Å². The molecular formula is C14H11Cl2NO3. The average Bonchev–Trinajstić information content (AvgIpc) is 2.86. The highest BCUT2D eigenvalue weighted by Gasteiger charge is 2.52. The van der Waals surface area contributed by atoms with Crippen LogP contribution in [-0.2, 0) is 9.53 Å². The van der Waals surface area contributed by atoms with E-state index >= 15 is 0 Å². The van der Waals surface area contributed by atoms with Crippen molar-refractivity contribution in [2.45, 2.75) is 10.8 Å². The number of halogens is 2. The second-order valence-electron chi connectivity index (χ2n) is 4.65. The number of carbonyl (C=O) groups excluding carboxylic acids is 1. The van der Waals surface area contributed by atoms with Crippen molar-refractivity contribution in [3.05, 3.63) is 36.2 Å². The summed E-state index contributed by atoms with van der Waals surface area (Å²) in [4.78, 5) is 15.7. The van der Waals surface area contributed by atoms with Crippen molar-refractivity contribution in [3.63, 3.8) is 0 Å². The fraction of sp³-hybridized carbons (Fsp3) is 0.286. The molecule has 1 fully saturated rings. The minimum atomic E-state index is -0.732. The minimum Gasteiger partial charge on any atom is -0.462 e. The molecular weight excluding hydrogens is 301 g/mol. The highest BCUT2D eigenvalue weighted by Crippen LogP contribution is 2.53. The van der Waals surface area contributed by atoms with E-state index in [0.29, 0.717) is 17.9 Å². The molecule has 1 aromatic carbocycles. The summed E-state index contributed by atoms with van der Waals surface area (Å²) in [7, 11) is 0. The predicted molar refractivity (Wildman–Crippen MR) is 76.5 cm³/mol. The zero-order valence-corrected chi connectivity index (χ0v) is 11.9. The Kier molecular flexibility index (Phi) is 3.44. The Morgan fingerprint density at radius 1 is 1.50 bits per heavy atom. The summed E-state index contributed by atoms with van der Waals surface area (Å²) in [5.74, 6) is -0.0885. The van der Waals surface area contributed by atoms with Crippen molar-refractivity contribution in [2.24, 2.45) is 5.92 Å². The van der Waals surface area contributed by atoms with Gasteiger partial charge in [-0.15, -0.1) is 23.2 Å². The standard InChI is InChI=1S/C14H11Cl2NO3/c15-14(16)7-9(14)8-19-13(18)6-5-12-17-10-3-1-2-4-11(10)20-12/h1-6,9H,7-8H2. The number of ether oxygens (including phenoxy) is 1. The van der Waals surface area contributed by atoms with E-state index in [2.05, 4.69) is 4.98 Å². The van der Waals surface area contributed by atoms with Gasteiger partial charge in [-0.05, 0) is 18.6 Å². The van der Waals surface area contributed by atoms with Crippen LogP contribution < -0.4 is 0 Å². The molecule has 0 spiro atoms. The van der Waals surface area contributed by atoms with Crippen molar-refractivity contribution < 1.29 is 13.9 Å². The van der Waals surface area contributed by atoms with Gasteiger partial charge in [-0.1, -0.05) is 12.1 Å². The quantitative estimate of drug-likeness (QED) is 0.492. The van der Waals surface area contributed by atoms with E-state index in [-0.39, 0.29) is 12.5 Å². The van der Waals surface area contributed by atoms with Crippen LogP contribution in [-0.4, -0.2) is 21.9 Å². The van der Waals surface area contributed by atoms with E-state index in [1.54, 1.807) is 0 Å². The lowest BCUT2D eigenvalue weighted by atomic mass is 10.3. The van der Waals surface area contributed by atoms with Crippen LogP contribution in [0.5, 0.6) is 0 Å². The van der Waals surface area contributed by atoms with Crippen LogP contribution in [0.15, 0.2) is 34.8 Å². The number of rotatable bonds is 4. The van der Waals surface area contributed by atoms with Gasteiger partial charge in [0, 0.05) is 18.1 Å². The molecule has 1 aromatic heterocycles. The maximum absolute atomic E-state index is 11.5. The van der Waals surface area contributed by atoms with E-state index in [9.17, 15) is 4.79 Å². The van der Waals surface area contributed by atoms with Crippen LogP contribution in [0.1, 0.15) is 12.3 Å². The second kappa shape index (κ2) is 5.11. The number of hydrogen-bond donors (Lipinski definition) is 0. The van der Waals surface area contributed by atoms with Gasteiger partial charge in [0.2, 0.25) is 5.89 Å². The Morgan fingerprint density at radius 2 is 2.25 bits per heavy atom. The highest BCUT2D eigenvalue weighted by molar-refractivity contribution is 6.50. The first-order chi connectivity index (χ1) is 9.54. The maximum atomic E-state index is 11.5. The Balaban J connectivity index is 1.57. The summed E-state index contributed by atoms with van der Waals surface area (Å²) < 4.78 is 9.74. The highest BCUT2D eigenvalue weighted by atomic mass is 35.5. The van der Waals surface area contributed by atoms with Crippen LogP contribution >= 0.6 is 23.2 Å². The topological polar surface area (TPSA) is 52.3 Å². The van der Waals surface area contributed by atoms with Crippen molar-refractivity contribution >= 4 is 46.3 Å². The third-order valence-corrected chi connectivity index (χ3v) is 3.98. The molecule has 1 aliphatic rings. The first-order valence-electron chi connectivity index (χ1n) is 6.13. The fourth-order valence-corrected chi connectivity index (χ4v) is 2.28. The maximum Gasteiger partial charge on any atom is 0.330 e. The number of benzene rings is 1. The molecule has 0 amide bonds. The van der Waals surface area contributed by atoms with Gasteiger partial charge >= 0.3 is 5.97 Å². The lowest BCUT2D eigenvalue weighted by Gasteiger charge is -2.00. The number of alkyl halides is 2. The molecule has 1 unspecified atom stereocenters. The van der Waals surface area contributed by atoms with Gasteiger partial charge in [0.25, 0.3) is 0 Å². The van der Waals surface area contributed by atoms with Gasteiger partial charge in [-0.25, -0.2) is 9.78 Å². The van der Waals surface area contributed by atoms with Crippen molar-refractivity contribution in [1.82, 2.24) is 4.98 Å². The number of fused-ring (bicyclic) bond motifs is 1. The molecule has 0 radical (unpaired) electrons. The average molecular weight is 312 g/mol. The molecule has 2 aromatic rings. The first kappa shape index (κ1) is 13.5. The van der Waals surface area contributed by atoms with Gasteiger partial charge in [0.1, 0.15) is 9.85 Å². The van der Waals surface area contributed by atoms with Crippen LogP contribution in [0.3, 0.4) is 0 Å². The van der Waals surface area contributed by atoms with Crippen molar-refractivity contribution in [2.75, 3.05) is 6.61 Å². The summed E-state index contributed by atoms with van der Waals surface area (Å²) in [6, 6.07) is 7.37. The van der Waals surface area contributed by atoms with Gasteiger partial charge in [0.15, 0.2) is 5.58 Å². The number of nitrogens with zero attached hydrogens (tertiary/aromatic N) is 1. The summed E-state index contributed by atoms with van der Waals surface area (Å²) in [6.45, 7) is 0.226. The van der Waals surface area contributed by atoms with Gasteiger partial charge in [-0.3, -0.25) is 0 Å². The Labute approximate surface area is 125 Å². The van der Waals surface area contributed by atoms with Gasteiger partial charge in [0.05, 0.1) is 6.61 Å². The first-order valence-corrected chi connectivity index (χ1v) is 6.88. The molecule has 3 rings (SSSR count). The molecule has 1 atom stereocenters. The zero-order valence-electron chi connectivity index (χ0n) is 10.4. The van der Waals surface area contributed by atoms with Gasteiger partial charge < -0.3 is 9.15 Å². The summed E-state index contributed by atoms with van der Waals surface area (Å²) in [5, 5.41) is 0. The SMILES string of the molecule is O=C(C=Cc1nc2ccccc2o1)OCC1CC1(Cl)Cl. The van der Waals surface area contributed by atoms with E-state index in [4.69, 9.17) is 32.4 Å². The zero-order chi connectivity index (χ0) is 14.2. The number of esters is 1. The molecule has 0 saturated heterocycles. The number of carbonyl (C=O) groups is 1. The molecule has 6 heteroatoms. The number of oxazole rings is 1. The molecule has 1 aliphatic carbocycles. The third kappa shape index (κ3) is 2.97. The Morgan fingerprint density at radius 3 is 2.95 bits per heavy atom. The predicted octanol–water partition coefficient (Wildman–Crippen LogP) is 3.58. The van der Waals surface area contributed by atoms with Crippen molar-refractivity contribution in [3.8, 4) is 0 Å². The number of para-hydroxylation sites is 2. The lowest BCUT2D eigenvalue weighted by molar-refractivity contribution is -0.138. The smallest absolute Gasteiger partial charge is 0.330 e. The summed E-state index contributed by atoms with van der Waals surface area (Å²) in [6.07, 6.45) is 3.40. The number of aromatic nitrogens is 1. The molecule has 104 valence electrons. The Bertz CT molecular complexity index is 645. The van der Waals surface area contributed by atoms with Crippen LogP contribution in [0, 0.1) is 5.92 Å². The van der Waals surface area contributed by atoms with E-state index < -0.39 is 10.3 Å². The van der Waals surface area contributed by atoms with E-state index in [1.165, 1.54) is 12.2 Å². The molecule has 0 N–H and O–H groups in total. The molecule has 0 aliphatic heterocycles.